The van der Waals surface area contributed by atoms with Crippen molar-refractivity contribution < 1.29 is 4.79 Å². The first-order chi connectivity index (χ1) is 8.59. The van der Waals surface area contributed by atoms with Gasteiger partial charge in [0, 0.05) is 19.1 Å². The Morgan fingerprint density at radius 1 is 1.28 bits per heavy atom. The highest BCUT2D eigenvalue weighted by Crippen LogP contribution is 2.24. The fourth-order valence-corrected chi connectivity index (χ4v) is 2.70. The van der Waals surface area contributed by atoms with Crippen LogP contribution in [0.4, 0.5) is 0 Å². The highest BCUT2D eigenvalue weighted by atomic mass is 35.5. The molecule has 4 heteroatoms. The van der Waals surface area contributed by atoms with Crippen LogP contribution >= 0.6 is 11.6 Å². The van der Waals surface area contributed by atoms with E-state index in [9.17, 15) is 4.79 Å². The molecule has 3 nitrogen and oxygen atoms in total. The average molecular weight is 267 g/mol. The highest BCUT2D eigenvalue weighted by Gasteiger charge is 2.26. The van der Waals surface area contributed by atoms with Crippen molar-refractivity contribution in [1.29, 1.82) is 0 Å². The summed E-state index contributed by atoms with van der Waals surface area (Å²) in [5.41, 5.74) is 6.46. The van der Waals surface area contributed by atoms with E-state index in [0.717, 1.165) is 25.7 Å². The van der Waals surface area contributed by atoms with Crippen molar-refractivity contribution in [1.82, 2.24) is 4.90 Å². The number of nitrogens with two attached hydrogens (primary N) is 1. The molecule has 1 fully saturated rings. The molecule has 0 aromatic heterocycles. The van der Waals surface area contributed by atoms with E-state index >= 15 is 0 Å². The van der Waals surface area contributed by atoms with Crippen LogP contribution in [0.3, 0.4) is 0 Å². The molecule has 1 amide bonds. The summed E-state index contributed by atoms with van der Waals surface area (Å²) in [5, 5.41) is 0.516. The standard InChI is InChI=1S/C14H19ClN2O/c1-17(11-8-6-10(16)7-9-11)14(18)12-4-2-3-5-13(12)15/h2-5,10-11H,6-9,16H2,1H3. The lowest BCUT2D eigenvalue weighted by Crippen LogP contribution is -2.41. The van der Waals surface area contributed by atoms with E-state index < -0.39 is 0 Å². The SMILES string of the molecule is CN(C(=O)c1ccccc1Cl)C1CCC(N)CC1. The Labute approximate surface area is 113 Å². The molecule has 0 aliphatic heterocycles. The van der Waals surface area contributed by atoms with Gasteiger partial charge in [-0.25, -0.2) is 0 Å². The zero-order chi connectivity index (χ0) is 13.1. The maximum absolute atomic E-state index is 12.4. The molecule has 2 N–H and O–H groups in total. The summed E-state index contributed by atoms with van der Waals surface area (Å²) in [7, 11) is 1.85. The van der Waals surface area contributed by atoms with E-state index in [0.29, 0.717) is 16.6 Å². The van der Waals surface area contributed by atoms with Crippen LogP contribution in [0.1, 0.15) is 36.0 Å². The molecule has 0 heterocycles. The number of amides is 1. The molecule has 1 aromatic carbocycles. The predicted octanol–water partition coefficient (Wildman–Crippen LogP) is 2.68. The van der Waals surface area contributed by atoms with Crippen LogP contribution in [-0.2, 0) is 0 Å². The largest absolute Gasteiger partial charge is 0.339 e. The van der Waals surface area contributed by atoms with Crippen molar-refractivity contribution in [2.24, 2.45) is 5.73 Å². The van der Waals surface area contributed by atoms with E-state index in [-0.39, 0.29) is 11.9 Å². The highest BCUT2D eigenvalue weighted by molar-refractivity contribution is 6.33. The third-order valence-corrected chi connectivity index (χ3v) is 4.04. The van der Waals surface area contributed by atoms with Crippen LogP contribution in [0.5, 0.6) is 0 Å². The number of rotatable bonds is 2. The van der Waals surface area contributed by atoms with Crippen LogP contribution < -0.4 is 5.73 Å². The molecule has 0 atom stereocenters. The molecule has 0 spiro atoms. The molecule has 0 saturated heterocycles. The monoisotopic (exact) mass is 266 g/mol. The van der Waals surface area contributed by atoms with E-state index in [4.69, 9.17) is 17.3 Å². The van der Waals surface area contributed by atoms with Crippen LogP contribution in [0, 0.1) is 0 Å². The van der Waals surface area contributed by atoms with Crippen molar-refractivity contribution in [2.45, 2.75) is 37.8 Å². The molecular weight excluding hydrogens is 248 g/mol. The third kappa shape index (κ3) is 2.85. The molecule has 1 aliphatic rings. The summed E-state index contributed by atoms with van der Waals surface area (Å²) in [6.45, 7) is 0. The van der Waals surface area contributed by atoms with Crippen LogP contribution in [-0.4, -0.2) is 29.9 Å². The Balaban J connectivity index is 2.07. The molecule has 1 saturated carbocycles. The van der Waals surface area contributed by atoms with Gasteiger partial charge in [0.15, 0.2) is 0 Å². The predicted molar refractivity (Wildman–Crippen MR) is 73.8 cm³/mol. The van der Waals surface area contributed by atoms with Gasteiger partial charge in [0.05, 0.1) is 10.6 Å². The molecule has 1 aromatic rings. The fourth-order valence-electron chi connectivity index (χ4n) is 2.48. The topological polar surface area (TPSA) is 46.3 Å². The van der Waals surface area contributed by atoms with Crippen molar-refractivity contribution in [2.75, 3.05) is 7.05 Å². The lowest BCUT2D eigenvalue weighted by atomic mass is 9.90. The Bertz CT molecular complexity index is 428. The summed E-state index contributed by atoms with van der Waals surface area (Å²) in [6, 6.07) is 7.77. The summed E-state index contributed by atoms with van der Waals surface area (Å²) >= 11 is 6.06. The smallest absolute Gasteiger partial charge is 0.255 e. The quantitative estimate of drug-likeness (QED) is 0.895. The van der Waals surface area contributed by atoms with Gasteiger partial charge in [0.1, 0.15) is 0 Å². The number of carbonyl (C=O) groups is 1. The zero-order valence-electron chi connectivity index (χ0n) is 10.6. The van der Waals surface area contributed by atoms with Crippen LogP contribution in [0.2, 0.25) is 5.02 Å². The summed E-state index contributed by atoms with van der Waals surface area (Å²) in [6.07, 6.45) is 3.94. The number of hydrogen-bond acceptors (Lipinski definition) is 2. The third-order valence-electron chi connectivity index (χ3n) is 3.71. The van der Waals surface area contributed by atoms with Crippen LogP contribution in [0.15, 0.2) is 24.3 Å². The Hall–Kier alpha value is -1.06. The molecule has 0 unspecified atom stereocenters. The fraction of sp³-hybridized carbons (Fsp3) is 0.500. The normalized spacial score (nSPS) is 23.7. The minimum atomic E-state index is 0.000992. The van der Waals surface area contributed by atoms with Gasteiger partial charge in [0.25, 0.3) is 5.91 Å². The Morgan fingerprint density at radius 3 is 2.50 bits per heavy atom. The summed E-state index contributed by atoms with van der Waals surface area (Å²) in [4.78, 5) is 14.2. The molecule has 98 valence electrons. The average Bonchev–Trinajstić information content (AvgIpc) is 2.38. The lowest BCUT2D eigenvalue weighted by molar-refractivity contribution is 0.0690. The van der Waals surface area contributed by atoms with Gasteiger partial charge in [-0.05, 0) is 37.8 Å². The second-order valence-electron chi connectivity index (χ2n) is 4.96. The van der Waals surface area contributed by atoms with Crippen molar-refractivity contribution >= 4 is 17.5 Å². The molecule has 2 rings (SSSR count). The number of halogens is 1. The Kier molecular flexibility index (Phi) is 4.25. The van der Waals surface area contributed by atoms with Gasteiger partial charge in [-0.2, -0.15) is 0 Å². The van der Waals surface area contributed by atoms with Crippen LogP contribution in [0.25, 0.3) is 0 Å². The van der Waals surface area contributed by atoms with Gasteiger partial charge < -0.3 is 10.6 Å². The van der Waals surface area contributed by atoms with Gasteiger partial charge >= 0.3 is 0 Å². The summed E-state index contributed by atoms with van der Waals surface area (Å²) in [5.74, 6) is 0.000992. The van der Waals surface area contributed by atoms with Gasteiger partial charge in [0.2, 0.25) is 0 Å². The molecule has 1 aliphatic carbocycles. The number of nitrogens with zero attached hydrogens (tertiary/aromatic N) is 1. The minimum absolute atomic E-state index is 0.000992. The second-order valence-corrected chi connectivity index (χ2v) is 5.37. The van der Waals surface area contributed by atoms with E-state index in [1.807, 2.05) is 24.1 Å². The number of benzene rings is 1. The minimum Gasteiger partial charge on any atom is -0.339 e. The number of hydrogen-bond donors (Lipinski definition) is 1. The molecule has 0 bridgehead atoms. The molecule has 0 radical (unpaired) electrons. The van der Waals surface area contributed by atoms with Crippen molar-refractivity contribution in [3.05, 3.63) is 34.9 Å². The maximum atomic E-state index is 12.4. The zero-order valence-corrected chi connectivity index (χ0v) is 11.4. The second kappa shape index (κ2) is 5.72. The first-order valence-corrected chi connectivity index (χ1v) is 6.74. The maximum Gasteiger partial charge on any atom is 0.255 e. The Morgan fingerprint density at radius 2 is 1.89 bits per heavy atom. The van der Waals surface area contributed by atoms with Gasteiger partial charge in [-0.15, -0.1) is 0 Å². The van der Waals surface area contributed by atoms with Gasteiger partial charge in [-0.3, -0.25) is 4.79 Å². The molecule has 18 heavy (non-hydrogen) atoms. The number of carbonyl (C=O) groups excluding carboxylic acids is 1. The van der Waals surface area contributed by atoms with E-state index in [1.165, 1.54) is 0 Å². The first kappa shape index (κ1) is 13.4. The molecular formula is C14H19ClN2O. The summed E-state index contributed by atoms with van der Waals surface area (Å²) < 4.78 is 0. The first-order valence-electron chi connectivity index (χ1n) is 6.37. The van der Waals surface area contributed by atoms with E-state index in [2.05, 4.69) is 0 Å². The van der Waals surface area contributed by atoms with Gasteiger partial charge in [-0.1, -0.05) is 23.7 Å². The van der Waals surface area contributed by atoms with E-state index in [1.54, 1.807) is 12.1 Å². The van der Waals surface area contributed by atoms with Crippen molar-refractivity contribution in [3.8, 4) is 0 Å². The van der Waals surface area contributed by atoms with Crippen molar-refractivity contribution in [3.63, 3.8) is 0 Å². The lowest BCUT2D eigenvalue weighted by Gasteiger charge is -2.33.